The molecule has 19 heavy (non-hydrogen) atoms. The lowest BCUT2D eigenvalue weighted by molar-refractivity contribution is -0.114. The second kappa shape index (κ2) is 6.74. The van der Waals surface area contributed by atoms with E-state index in [1.54, 1.807) is 0 Å². The van der Waals surface area contributed by atoms with Crippen LogP contribution in [-0.4, -0.2) is 18.2 Å². The molecule has 0 bridgehead atoms. The molecular weight excluding hydrogens is 258 g/mol. The number of hydrogen-bond donors (Lipinski definition) is 1. The minimum Gasteiger partial charge on any atom is -0.370 e. The molecular formula is C16H24ClNO. The van der Waals surface area contributed by atoms with Crippen LogP contribution >= 0.6 is 11.6 Å². The van der Waals surface area contributed by atoms with Gasteiger partial charge < -0.3 is 10.1 Å². The van der Waals surface area contributed by atoms with Gasteiger partial charge in [0.1, 0.15) is 0 Å². The first-order chi connectivity index (χ1) is 9.10. The molecule has 0 unspecified atom stereocenters. The quantitative estimate of drug-likeness (QED) is 0.810. The van der Waals surface area contributed by atoms with Gasteiger partial charge in [-0.05, 0) is 49.9 Å². The average Bonchev–Trinajstić information content (AvgIpc) is 2.31. The van der Waals surface area contributed by atoms with Gasteiger partial charge in [0.25, 0.3) is 0 Å². The molecule has 1 aromatic rings. The summed E-state index contributed by atoms with van der Waals surface area (Å²) in [5.74, 6) is 0. The molecule has 1 aliphatic carbocycles. The summed E-state index contributed by atoms with van der Waals surface area (Å²) in [6.07, 6.45) is 4.77. The average molecular weight is 282 g/mol. The van der Waals surface area contributed by atoms with E-state index in [2.05, 4.69) is 25.2 Å². The van der Waals surface area contributed by atoms with E-state index in [9.17, 15) is 0 Å². The van der Waals surface area contributed by atoms with Crippen molar-refractivity contribution in [2.75, 3.05) is 6.54 Å². The molecule has 0 heterocycles. The molecule has 0 radical (unpaired) electrons. The van der Waals surface area contributed by atoms with E-state index in [0.717, 1.165) is 23.6 Å². The van der Waals surface area contributed by atoms with Gasteiger partial charge in [-0.25, -0.2) is 0 Å². The standard InChI is InChI=1S/C16H24ClNO/c1-13(2)18-10-9-16(7-4-8-16)19-12-14-5-3-6-15(17)11-14/h3,5-6,11,13,18H,4,7-10,12H2,1-2H3. The van der Waals surface area contributed by atoms with Crippen LogP contribution in [-0.2, 0) is 11.3 Å². The molecule has 1 aliphatic rings. The van der Waals surface area contributed by atoms with E-state index in [1.807, 2.05) is 18.2 Å². The second-order valence-electron chi connectivity index (χ2n) is 5.81. The molecule has 0 spiro atoms. The third-order valence-electron chi connectivity index (χ3n) is 3.83. The highest BCUT2D eigenvalue weighted by atomic mass is 35.5. The Kier molecular flexibility index (Phi) is 5.26. The van der Waals surface area contributed by atoms with Crippen molar-refractivity contribution in [3.05, 3.63) is 34.9 Å². The van der Waals surface area contributed by atoms with Crippen molar-refractivity contribution in [1.82, 2.24) is 5.32 Å². The molecule has 0 aliphatic heterocycles. The summed E-state index contributed by atoms with van der Waals surface area (Å²) in [5.41, 5.74) is 1.26. The van der Waals surface area contributed by atoms with E-state index in [4.69, 9.17) is 16.3 Å². The van der Waals surface area contributed by atoms with Crippen molar-refractivity contribution in [2.24, 2.45) is 0 Å². The maximum Gasteiger partial charge on any atom is 0.0724 e. The fourth-order valence-corrected chi connectivity index (χ4v) is 2.70. The third-order valence-corrected chi connectivity index (χ3v) is 4.07. The highest BCUT2D eigenvalue weighted by Gasteiger charge is 2.37. The number of nitrogens with one attached hydrogen (secondary N) is 1. The smallest absolute Gasteiger partial charge is 0.0724 e. The van der Waals surface area contributed by atoms with Crippen LogP contribution in [0.15, 0.2) is 24.3 Å². The van der Waals surface area contributed by atoms with Crippen molar-refractivity contribution in [3.63, 3.8) is 0 Å². The molecule has 106 valence electrons. The fraction of sp³-hybridized carbons (Fsp3) is 0.625. The lowest BCUT2D eigenvalue weighted by atomic mass is 9.77. The van der Waals surface area contributed by atoms with Crippen molar-refractivity contribution in [3.8, 4) is 0 Å². The highest BCUT2D eigenvalue weighted by Crippen LogP contribution is 2.39. The van der Waals surface area contributed by atoms with E-state index < -0.39 is 0 Å². The zero-order valence-electron chi connectivity index (χ0n) is 11.9. The van der Waals surface area contributed by atoms with Gasteiger partial charge in [0.2, 0.25) is 0 Å². The van der Waals surface area contributed by atoms with Gasteiger partial charge in [0.05, 0.1) is 12.2 Å². The summed E-state index contributed by atoms with van der Waals surface area (Å²) in [7, 11) is 0. The first-order valence-corrected chi connectivity index (χ1v) is 7.59. The Morgan fingerprint density at radius 3 is 2.74 bits per heavy atom. The van der Waals surface area contributed by atoms with Crippen LogP contribution in [0.2, 0.25) is 5.02 Å². The van der Waals surface area contributed by atoms with Crippen molar-refractivity contribution < 1.29 is 4.74 Å². The maximum absolute atomic E-state index is 6.19. The molecule has 0 saturated heterocycles. The number of hydrogen-bond acceptors (Lipinski definition) is 2. The predicted molar refractivity (Wildman–Crippen MR) is 80.6 cm³/mol. The monoisotopic (exact) mass is 281 g/mol. The molecule has 2 rings (SSSR count). The Bertz CT molecular complexity index is 401. The lowest BCUT2D eigenvalue weighted by Gasteiger charge is -2.42. The van der Waals surface area contributed by atoms with Gasteiger partial charge in [-0.1, -0.05) is 37.6 Å². The normalized spacial score (nSPS) is 17.5. The predicted octanol–water partition coefficient (Wildman–Crippen LogP) is 4.17. The first kappa shape index (κ1) is 14.8. The summed E-state index contributed by atoms with van der Waals surface area (Å²) < 4.78 is 6.19. The third kappa shape index (κ3) is 4.48. The topological polar surface area (TPSA) is 21.3 Å². The second-order valence-corrected chi connectivity index (χ2v) is 6.25. The Balaban J connectivity index is 1.81. The van der Waals surface area contributed by atoms with Gasteiger partial charge in [-0.2, -0.15) is 0 Å². The van der Waals surface area contributed by atoms with Crippen molar-refractivity contribution in [1.29, 1.82) is 0 Å². The molecule has 2 nitrogen and oxygen atoms in total. The SMILES string of the molecule is CC(C)NCCC1(OCc2cccc(Cl)c2)CCC1. The van der Waals surface area contributed by atoms with E-state index >= 15 is 0 Å². The zero-order chi connectivity index (χ0) is 13.7. The molecule has 0 atom stereocenters. The molecule has 1 aromatic carbocycles. The molecule has 1 fully saturated rings. The van der Waals surface area contributed by atoms with Gasteiger partial charge in [-0.15, -0.1) is 0 Å². The van der Waals surface area contributed by atoms with Crippen molar-refractivity contribution in [2.45, 2.75) is 57.8 Å². The minimum atomic E-state index is 0.101. The lowest BCUT2D eigenvalue weighted by Crippen LogP contribution is -2.43. The Labute approximate surface area is 121 Å². The van der Waals surface area contributed by atoms with Gasteiger partial charge >= 0.3 is 0 Å². The van der Waals surface area contributed by atoms with Crippen LogP contribution in [0.25, 0.3) is 0 Å². The number of ether oxygens (including phenoxy) is 1. The minimum absolute atomic E-state index is 0.101. The first-order valence-electron chi connectivity index (χ1n) is 7.21. The summed E-state index contributed by atoms with van der Waals surface area (Å²) in [4.78, 5) is 0. The maximum atomic E-state index is 6.19. The van der Waals surface area contributed by atoms with E-state index in [1.165, 1.54) is 19.3 Å². The molecule has 1 N–H and O–H groups in total. The van der Waals surface area contributed by atoms with Crippen LogP contribution in [0.4, 0.5) is 0 Å². The summed E-state index contributed by atoms with van der Waals surface area (Å²) in [5, 5.41) is 4.26. The van der Waals surface area contributed by atoms with Crippen LogP contribution in [0.3, 0.4) is 0 Å². The Hall–Kier alpha value is -0.570. The zero-order valence-corrected chi connectivity index (χ0v) is 12.7. The van der Waals surface area contributed by atoms with E-state index in [-0.39, 0.29) is 5.60 Å². The summed E-state index contributed by atoms with van der Waals surface area (Å²) >= 11 is 6.00. The number of benzene rings is 1. The largest absolute Gasteiger partial charge is 0.370 e. The van der Waals surface area contributed by atoms with Crippen LogP contribution in [0, 0.1) is 0 Å². The van der Waals surface area contributed by atoms with E-state index in [0.29, 0.717) is 12.6 Å². The fourth-order valence-electron chi connectivity index (χ4n) is 2.49. The van der Waals surface area contributed by atoms with Crippen molar-refractivity contribution >= 4 is 11.6 Å². The summed E-state index contributed by atoms with van der Waals surface area (Å²) in [6.45, 7) is 6.07. The summed E-state index contributed by atoms with van der Waals surface area (Å²) in [6, 6.07) is 8.49. The van der Waals surface area contributed by atoms with Gasteiger partial charge in [-0.3, -0.25) is 0 Å². The Morgan fingerprint density at radius 2 is 2.16 bits per heavy atom. The van der Waals surface area contributed by atoms with Crippen LogP contribution in [0.1, 0.15) is 45.1 Å². The Morgan fingerprint density at radius 1 is 1.37 bits per heavy atom. The molecule has 1 saturated carbocycles. The molecule has 3 heteroatoms. The van der Waals surface area contributed by atoms with Gasteiger partial charge in [0.15, 0.2) is 0 Å². The number of rotatable bonds is 7. The van der Waals surface area contributed by atoms with Crippen LogP contribution < -0.4 is 5.32 Å². The molecule has 0 amide bonds. The number of halogens is 1. The molecule has 0 aromatic heterocycles. The van der Waals surface area contributed by atoms with Crippen LogP contribution in [0.5, 0.6) is 0 Å². The van der Waals surface area contributed by atoms with Gasteiger partial charge in [0, 0.05) is 11.1 Å². The highest BCUT2D eigenvalue weighted by molar-refractivity contribution is 6.30.